The number of benzene rings is 8. The van der Waals surface area contributed by atoms with Crippen LogP contribution in [0.4, 0.5) is 0 Å². The zero-order valence-electron chi connectivity index (χ0n) is 32.1. The van der Waals surface area contributed by atoms with Gasteiger partial charge in [-0.15, -0.1) is 0 Å². The molecule has 3 heterocycles. The molecule has 266 valence electrons. The number of aryl methyl sites for hydroxylation is 1. The fourth-order valence-corrected chi connectivity index (χ4v) is 9.41. The second kappa shape index (κ2) is 12.2. The molecule has 0 radical (unpaired) electrons. The van der Waals surface area contributed by atoms with E-state index in [2.05, 4.69) is 202 Å². The summed E-state index contributed by atoms with van der Waals surface area (Å²) in [5.74, 6) is 1.91. The van der Waals surface area contributed by atoms with E-state index < -0.39 is 0 Å². The van der Waals surface area contributed by atoms with Crippen molar-refractivity contribution in [3.63, 3.8) is 0 Å². The van der Waals surface area contributed by atoms with Crippen molar-refractivity contribution in [1.29, 1.82) is 0 Å². The quantitative estimate of drug-likeness (QED) is 0.165. The summed E-state index contributed by atoms with van der Waals surface area (Å²) in [6.45, 7) is 9.03. The second-order valence-corrected chi connectivity index (χ2v) is 16.6. The normalized spacial score (nSPS) is 12.8. The average molecular weight is 718 g/mol. The molecule has 9 aromatic rings. The SMILES string of the molecule is Cc1cc2c3c(c1)-n1c4ccc(-c5ccccc5-c5ccccc5)cc4c4cc(-c5ccccc5-c5ccccc5)cc(c41)B3c1ccc(C(C)(C)C)cc1O2. The van der Waals surface area contributed by atoms with Gasteiger partial charge in [-0.25, -0.2) is 0 Å². The topological polar surface area (TPSA) is 14.2 Å². The molecule has 2 nitrogen and oxygen atoms in total. The second-order valence-electron chi connectivity index (χ2n) is 16.6. The monoisotopic (exact) mass is 717 g/mol. The third-order valence-corrected chi connectivity index (χ3v) is 12.1. The number of nitrogens with zero attached hydrogens (tertiary/aromatic N) is 1. The summed E-state index contributed by atoms with van der Waals surface area (Å²) in [4.78, 5) is 0. The van der Waals surface area contributed by atoms with E-state index in [9.17, 15) is 0 Å². The summed E-state index contributed by atoms with van der Waals surface area (Å²) >= 11 is 0. The van der Waals surface area contributed by atoms with Crippen molar-refractivity contribution >= 4 is 44.9 Å². The van der Waals surface area contributed by atoms with Crippen LogP contribution in [0.15, 0.2) is 170 Å². The first-order chi connectivity index (χ1) is 27.3. The van der Waals surface area contributed by atoms with E-state index >= 15 is 0 Å². The molecule has 0 unspecified atom stereocenters. The highest BCUT2D eigenvalue weighted by atomic mass is 16.5. The third kappa shape index (κ3) is 4.97. The number of fused-ring (bicyclic) bond motifs is 7. The smallest absolute Gasteiger partial charge is 0.256 e. The summed E-state index contributed by atoms with van der Waals surface area (Å²) < 4.78 is 9.48. The lowest BCUT2D eigenvalue weighted by atomic mass is 9.34. The van der Waals surface area contributed by atoms with Gasteiger partial charge in [0.05, 0.1) is 5.52 Å². The molecule has 0 aliphatic carbocycles. The first kappa shape index (κ1) is 32.8. The average Bonchev–Trinajstić information content (AvgIpc) is 3.56. The Bertz CT molecular complexity index is 3040. The van der Waals surface area contributed by atoms with Gasteiger partial charge in [0.2, 0.25) is 0 Å². The van der Waals surface area contributed by atoms with Crippen molar-refractivity contribution in [3.05, 3.63) is 181 Å². The van der Waals surface area contributed by atoms with E-state index in [0.717, 1.165) is 11.5 Å². The fraction of sp³-hybridized carbons (Fsp3) is 0.0943. The molecule has 11 rings (SSSR count). The minimum absolute atomic E-state index is 0.000584. The van der Waals surface area contributed by atoms with Crippen LogP contribution in [0.2, 0.25) is 0 Å². The first-order valence-corrected chi connectivity index (χ1v) is 19.7. The standard InChI is InChI=1S/C53H40BNO/c1-33-27-48-51-50(28-33)56-49-32-38(53(2,3)4)24-25-45(49)54(51)46-31-37(42-22-14-12-20-40(42)35-17-9-6-10-18-35)30-44-43-29-36(23-26-47(43)55(48)52(44)46)41-21-13-11-19-39(41)34-15-7-5-8-16-34/h5-32H,1-4H3. The molecule has 0 spiro atoms. The largest absolute Gasteiger partial charge is 0.458 e. The molecule has 8 aromatic carbocycles. The minimum atomic E-state index is 0.000584. The Morgan fingerprint density at radius 2 is 1.07 bits per heavy atom. The first-order valence-electron chi connectivity index (χ1n) is 19.7. The number of ether oxygens (including phenoxy) is 1. The Morgan fingerprint density at radius 1 is 0.482 bits per heavy atom. The third-order valence-electron chi connectivity index (χ3n) is 12.1. The summed E-state index contributed by atoms with van der Waals surface area (Å²) in [6.07, 6.45) is 0. The molecule has 0 N–H and O–H groups in total. The van der Waals surface area contributed by atoms with Gasteiger partial charge in [0.15, 0.2) is 0 Å². The van der Waals surface area contributed by atoms with Crippen molar-refractivity contribution in [2.24, 2.45) is 0 Å². The van der Waals surface area contributed by atoms with Crippen LogP contribution in [-0.4, -0.2) is 11.3 Å². The van der Waals surface area contributed by atoms with Gasteiger partial charge < -0.3 is 9.30 Å². The Hall–Kier alpha value is -6.58. The number of hydrogen-bond donors (Lipinski definition) is 0. The summed E-state index contributed by atoms with van der Waals surface area (Å²) in [6, 6.07) is 62.8. The maximum absolute atomic E-state index is 6.95. The van der Waals surface area contributed by atoms with Crippen LogP contribution >= 0.6 is 0 Å². The van der Waals surface area contributed by atoms with E-state index in [0.29, 0.717) is 0 Å². The summed E-state index contributed by atoms with van der Waals surface area (Å²) in [5.41, 5.74) is 19.7. The van der Waals surface area contributed by atoms with Gasteiger partial charge in [0.1, 0.15) is 11.5 Å². The molecule has 0 bridgehead atoms. The van der Waals surface area contributed by atoms with Crippen LogP contribution in [0.1, 0.15) is 31.9 Å². The molecule has 0 saturated carbocycles. The molecular formula is C53H40BNO. The molecule has 2 aliphatic heterocycles. The molecular weight excluding hydrogens is 677 g/mol. The zero-order valence-corrected chi connectivity index (χ0v) is 32.1. The van der Waals surface area contributed by atoms with Crippen LogP contribution in [0.25, 0.3) is 72.0 Å². The highest BCUT2D eigenvalue weighted by molar-refractivity contribution is 6.99. The van der Waals surface area contributed by atoms with Crippen LogP contribution in [0.3, 0.4) is 0 Å². The van der Waals surface area contributed by atoms with Crippen LogP contribution in [0, 0.1) is 6.92 Å². The van der Waals surface area contributed by atoms with Crippen molar-refractivity contribution in [2.75, 3.05) is 0 Å². The van der Waals surface area contributed by atoms with Gasteiger partial charge in [-0.3, -0.25) is 0 Å². The number of aromatic nitrogens is 1. The molecule has 1 aromatic heterocycles. The van der Waals surface area contributed by atoms with E-state index in [1.807, 2.05) is 0 Å². The van der Waals surface area contributed by atoms with Gasteiger partial charge >= 0.3 is 0 Å². The molecule has 0 amide bonds. The van der Waals surface area contributed by atoms with Gasteiger partial charge in [0, 0.05) is 22.0 Å². The van der Waals surface area contributed by atoms with Crippen molar-refractivity contribution < 1.29 is 4.74 Å². The van der Waals surface area contributed by atoms with Crippen LogP contribution < -0.4 is 21.1 Å². The van der Waals surface area contributed by atoms with Gasteiger partial charge in [-0.1, -0.05) is 154 Å². The maximum atomic E-state index is 6.95. The maximum Gasteiger partial charge on any atom is 0.256 e. The lowest BCUT2D eigenvalue weighted by molar-refractivity contribution is 0.482. The van der Waals surface area contributed by atoms with E-state index in [1.54, 1.807) is 0 Å². The van der Waals surface area contributed by atoms with Gasteiger partial charge in [-0.05, 0) is 121 Å². The Balaban J connectivity index is 1.25. The molecule has 0 atom stereocenters. The number of rotatable bonds is 4. The van der Waals surface area contributed by atoms with Crippen molar-refractivity contribution in [1.82, 2.24) is 4.57 Å². The predicted octanol–water partition coefficient (Wildman–Crippen LogP) is 12.0. The van der Waals surface area contributed by atoms with Gasteiger partial charge in [0.25, 0.3) is 6.71 Å². The lowest BCUT2D eigenvalue weighted by Crippen LogP contribution is -2.58. The minimum Gasteiger partial charge on any atom is -0.458 e. The van der Waals surface area contributed by atoms with Crippen LogP contribution in [0.5, 0.6) is 11.5 Å². The molecule has 3 heteroatoms. The van der Waals surface area contributed by atoms with Gasteiger partial charge in [-0.2, -0.15) is 0 Å². The Labute approximate surface area is 328 Å². The number of hydrogen-bond acceptors (Lipinski definition) is 1. The van der Waals surface area contributed by atoms with E-state index in [-0.39, 0.29) is 12.1 Å². The predicted molar refractivity (Wildman–Crippen MR) is 237 cm³/mol. The van der Waals surface area contributed by atoms with Crippen molar-refractivity contribution in [2.45, 2.75) is 33.1 Å². The summed E-state index contributed by atoms with van der Waals surface area (Å²) in [5, 5.41) is 2.52. The summed E-state index contributed by atoms with van der Waals surface area (Å²) in [7, 11) is 0. The molecule has 0 saturated heterocycles. The fourth-order valence-electron chi connectivity index (χ4n) is 9.41. The van der Waals surface area contributed by atoms with E-state index in [4.69, 9.17) is 4.74 Å². The van der Waals surface area contributed by atoms with E-state index in [1.165, 1.54) is 99.5 Å². The van der Waals surface area contributed by atoms with Crippen LogP contribution in [-0.2, 0) is 5.41 Å². The lowest BCUT2D eigenvalue weighted by Gasteiger charge is -2.34. The highest BCUT2D eigenvalue weighted by Gasteiger charge is 2.41. The zero-order chi connectivity index (χ0) is 37.7. The molecule has 2 aliphatic rings. The highest BCUT2D eigenvalue weighted by Crippen LogP contribution is 2.43. The van der Waals surface area contributed by atoms with Crippen molar-refractivity contribution in [3.8, 4) is 61.7 Å². The molecule has 56 heavy (non-hydrogen) atoms. The Morgan fingerprint density at radius 3 is 1.71 bits per heavy atom. The Kier molecular flexibility index (Phi) is 7.16. The molecule has 0 fully saturated rings.